The number of nitrogens with zero attached hydrogens (tertiary/aromatic N) is 2. The Hall–Kier alpha value is -2.23. The number of nitrogens with one attached hydrogen (secondary N) is 1. The lowest BCUT2D eigenvalue weighted by Gasteiger charge is -2.17. The van der Waals surface area contributed by atoms with E-state index in [1.54, 1.807) is 4.90 Å². The van der Waals surface area contributed by atoms with Crippen LogP contribution in [0, 0.1) is 11.3 Å². The van der Waals surface area contributed by atoms with Crippen molar-refractivity contribution in [3.63, 3.8) is 0 Å². The van der Waals surface area contributed by atoms with E-state index in [0.717, 1.165) is 25.0 Å². The SMILES string of the molecule is N#Cc1ccc(NC(=O)N2CCCC2)cc1C(F)(F)F. The van der Waals surface area contributed by atoms with Crippen LogP contribution >= 0.6 is 0 Å². The van der Waals surface area contributed by atoms with Crippen molar-refractivity contribution in [1.82, 2.24) is 4.90 Å². The molecule has 1 aliphatic heterocycles. The molecule has 4 nitrogen and oxygen atoms in total. The van der Waals surface area contributed by atoms with Crippen molar-refractivity contribution < 1.29 is 18.0 Å². The molecule has 20 heavy (non-hydrogen) atoms. The quantitative estimate of drug-likeness (QED) is 0.860. The molecule has 0 bridgehead atoms. The van der Waals surface area contributed by atoms with Crippen LogP contribution in [0.4, 0.5) is 23.7 Å². The third kappa shape index (κ3) is 3.02. The Morgan fingerprint density at radius 3 is 2.50 bits per heavy atom. The summed E-state index contributed by atoms with van der Waals surface area (Å²) in [7, 11) is 0. The standard InChI is InChI=1S/C13H12F3N3O/c14-13(15,16)11-7-10(4-3-9(11)8-17)18-12(20)19-5-1-2-6-19/h3-4,7H,1-2,5-6H2,(H,18,20). The topological polar surface area (TPSA) is 56.1 Å². The Labute approximate surface area is 113 Å². The molecule has 0 aromatic heterocycles. The van der Waals surface area contributed by atoms with Crippen LogP contribution in [0.2, 0.25) is 0 Å². The van der Waals surface area contributed by atoms with Gasteiger partial charge < -0.3 is 10.2 Å². The maximum absolute atomic E-state index is 12.8. The van der Waals surface area contributed by atoms with Gasteiger partial charge in [0.05, 0.1) is 17.2 Å². The average molecular weight is 283 g/mol. The highest BCUT2D eigenvalue weighted by atomic mass is 19.4. The molecule has 1 N–H and O–H groups in total. The second-order valence-electron chi connectivity index (χ2n) is 4.49. The molecule has 106 valence electrons. The van der Waals surface area contributed by atoms with Gasteiger partial charge in [-0.25, -0.2) is 4.79 Å². The minimum Gasteiger partial charge on any atom is -0.325 e. The number of anilines is 1. The Balaban J connectivity index is 2.21. The monoisotopic (exact) mass is 283 g/mol. The molecule has 1 aliphatic rings. The van der Waals surface area contributed by atoms with Gasteiger partial charge in [0.15, 0.2) is 0 Å². The maximum atomic E-state index is 12.8. The van der Waals surface area contributed by atoms with Crippen molar-refractivity contribution in [2.75, 3.05) is 18.4 Å². The zero-order valence-corrected chi connectivity index (χ0v) is 10.5. The summed E-state index contributed by atoms with van der Waals surface area (Å²) >= 11 is 0. The summed E-state index contributed by atoms with van der Waals surface area (Å²) in [4.78, 5) is 13.3. The van der Waals surface area contributed by atoms with E-state index in [1.165, 1.54) is 12.1 Å². The molecule has 0 atom stereocenters. The number of likely N-dealkylation sites (tertiary alicyclic amines) is 1. The molecule has 0 aliphatic carbocycles. The van der Waals surface area contributed by atoms with E-state index in [0.29, 0.717) is 13.1 Å². The Morgan fingerprint density at radius 2 is 1.95 bits per heavy atom. The van der Waals surface area contributed by atoms with Crippen molar-refractivity contribution in [1.29, 1.82) is 5.26 Å². The second-order valence-corrected chi connectivity index (χ2v) is 4.49. The number of carbonyl (C=O) groups is 1. The average Bonchev–Trinajstić information content (AvgIpc) is 2.91. The van der Waals surface area contributed by atoms with E-state index in [1.807, 2.05) is 0 Å². The number of alkyl halides is 3. The van der Waals surface area contributed by atoms with Crippen molar-refractivity contribution in [2.45, 2.75) is 19.0 Å². The zero-order valence-electron chi connectivity index (χ0n) is 10.5. The predicted molar refractivity (Wildman–Crippen MR) is 66.0 cm³/mol. The molecular weight excluding hydrogens is 271 g/mol. The fourth-order valence-corrected chi connectivity index (χ4v) is 2.08. The smallest absolute Gasteiger partial charge is 0.325 e. The van der Waals surface area contributed by atoms with Gasteiger partial charge in [0, 0.05) is 18.8 Å². The van der Waals surface area contributed by atoms with Crippen molar-refractivity contribution >= 4 is 11.7 Å². The van der Waals surface area contributed by atoms with Gasteiger partial charge in [-0.05, 0) is 31.0 Å². The van der Waals surface area contributed by atoms with Crippen LogP contribution < -0.4 is 5.32 Å². The number of hydrogen-bond donors (Lipinski definition) is 1. The number of hydrogen-bond acceptors (Lipinski definition) is 2. The van der Waals surface area contributed by atoms with Gasteiger partial charge >= 0.3 is 12.2 Å². The first-order chi connectivity index (χ1) is 9.41. The first-order valence-electron chi connectivity index (χ1n) is 6.09. The van der Waals surface area contributed by atoms with Crippen LogP contribution in [0.3, 0.4) is 0 Å². The third-order valence-corrected chi connectivity index (χ3v) is 3.09. The summed E-state index contributed by atoms with van der Waals surface area (Å²) < 4.78 is 38.3. The molecular formula is C13H12F3N3O. The lowest BCUT2D eigenvalue weighted by molar-refractivity contribution is -0.137. The van der Waals surface area contributed by atoms with Crippen molar-refractivity contribution in [2.24, 2.45) is 0 Å². The largest absolute Gasteiger partial charge is 0.417 e. The highest BCUT2D eigenvalue weighted by molar-refractivity contribution is 5.89. The fourth-order valence-electron chi connectivity index (χ4n) is 2.08. The predicted octanol–water partition coefficient (Wildman–Crippen LogP) is 3.20. The van der Waals surface area contributed by atoms with Crippen LogP contribution in [-0.2, 0) is 6.18 Å². The van der Waals surface area contributed by atoms with E-state index in [-0.39, 0.29) is 5.69 Å². The highest BCUT2D eigenvalue weighted by Gasteiger charge is 2.34. The Bertz CT molecular complexity index is 557. The minimum atomic E-state index is -4.63. The van der Waals surface area contributed by atoms with Crippen molar-refractivity contribution in [3.05, 3.63) is 29.3 Å². The normalized spacial score (nSPS) is 15.0. The summed E-state index contributed by atoms with van der Waals surface area (Å²) in [6.45, 7) is 1.21. The molecule has 1 aromatic carbocycles. The summed E-state index contributed by atoms with van der Waals surface area (Å²) in [5.41, 5.74) is -1.47. The lowest BCUT2D eigenvalue weighted by Crippen LogP contribution is -2.32. The van der Waals surface area contributed by atoms with E-state index in [2.05, 4.69) is 5.32 Å². The maximum Gasteiger partial charge on any atom is 0.417 e. The molecule has 1 aromatic rings. The summed E-state index contributed by atoms with van der Waals surface area (Å²) in [6, 6.07) is 4.21. The van der Waals surface area contributed by atoms with Gasteiger partial charge in [0.2, 0.25) is 0 Å². The molecule has 0 spiro atoms. The molecule has 1 fully saturated rings. The molecule has 7 heteroatoms. The van der Waals surface area contributed by atoms with Gasteiger partial charge in [-0.15, -0.1) is 0 Å². The van der Waals surface area contributed by atoms with Crippen LogP contribution in [0.1, 0.15) is 24.0 Å². The first-order valence-corrected chi connectivity index (χ1v) is 6.09. The highest BCUT2D eigenvalue weighted by Crippen LogP contribution is 2.33. The second kappa shape index (κ2) is 5.41. The van der Waals surface area contributed by atoms with Crippen LogP contribution in [0.15, 0.2) is 18.2 Å². The Kier molecular flexibility index (Phi) is 3.84. The summed E-state index contributed by atoms with van der Waals surface area (Å²) in [6.07, 6.45) is -2.83. The van der Waals surface area contributed by atoms with Crippen LogP contribution in [0.25, 0.3) is 0 Å². The number of amides is 2. The van der Waals surface area contributed by atoms with Gasteiger partial charge in [-0.3, -0.25) is 0 Å². The van der Waals surface area contributed by atoms with Crippen LogP contribution in [0.5, 0.6) is 0 Å². The molecule has 1 saturated heterocycles. The van der Waals surface area contributed by atoms with Crippen molar-refractivity contribution in [3.8, 4) is 6.07 Å². The third-order valence-electron chi connectivity index (χ3n) is 3.09. The zero-order chi connectivity index (χ0) is 14.8. The fraction of sp³-hybridized carbons (Fsp3) is 0.385. The number of halogens is 3. The molecule has 0 saturated carbocycles. The van der Waals surface area contributed by atoms with Gasteiger partial charge in [-0.1, -0.05) is 0 Å². The number of carbonyl (C=O) groups excluding carboxylic acids is 1. The first kappa shape index (κ1) is 14.2. The van der Waals surface area contributed by atoms with E-state index in [9.17, 15) is 18.0 Å². The van der Waals surface area contributed by atoms with Gasteiger partial charge in [0.25, 0.3) is 0 Å². The number of benzene rings is 1. The van der Waals surface area contributed by atoms with E-state index < -0.39 is 23.3 Å². The van der Waals surface area contributed by atoms with Gasteiger partial charge in [0.1, 0.15) is 0 Å². The van der Waals surface area contributed by atoms with Gasteiger partial charge in [-0.2, -0.15) is 18.4 Å². The van der Waals surface area contributed by atoms with E-state index in [4.69, 9.17) is 5.26 Å². The summed E-state index contributed by atoms with van der Waals surface area (Å²) in [5, 5.41) is 11.1. The molecule has 2 rings (SSSR count). The molecule has 1 heterocycles. The molecule has 0 radical (unpaired) electrons. The molecule has 0 unspecified atom stereocenters. The van der Waals surface area contributed by atoms with Crippen LogP contribution in [-0.4, -0.2) is 24.0 Å². The summed E-state index contributed by atoms with van der Waals surface area (Å²) in [5.74, 6) is 0. The lowest BCUT2D eigenvalue weighted by atomic mass is 10.1. The van der Waals surface area contributed by atoms with E-state index >= 15 is 0 Å². The minimum absolute atomic E-state index is 0.0354. The number of urea groups is 1. The molecule has 2 amide bonds. The Morgan fingerprint density at radius 1 is 1.30 bits per heavy atom. The number of nitriles is 1. The number of rotatable bonds is 1.